The molecule has 0 radical (unpaired) electrons. The van der Waals surface area contributed by atoms with E-state index < -0.39 is 47.3 Å². The molecule has 2 bridgehead atoms. The molecule has 1 aromatic carbocycles. The molecule has 0 unspecified atom stereocenters. The molecule has 8 heteroatoms. The molecule has 2 fully saturated rings. The Hall–Kier alpha value is -3.00. The predicted molar refractivity (Wildman–Crippen MR) is 95.2 cm³/mol. The van der Waals surface area contributed by atoms with Crippen LogP contribution < -0.4 is 4.90 Å². The Bertz CT molecular complexity index is 908. The van der Waals surface area contributed by atoms with Gasteiger partial charge in [-0.2, -0.15) is 0 Å². The minimum atomic E-state index is -1.14. The number of fused-ring (bicyclic) bond motifs is 5. The average Bonchev–Trinajstić information content (AvgIpc) is 3.31. The number of nitrogens with zero attached hydrogens (tertiary/aromatic N) is 1. The second-order valence-electron chi connectivity index (χ2n) is 6.96. The summed E-state index contributed by atoms with van der Waals surface area (Å²) in [4.78, 5) is 50.5. The van der Waals surface area contributed by atoms with E-state index in [1.165, 1.54) is 13.0 Å². The lowest BCUT2D eigenvalue weighted by Crippen LogP contribution is -2.44. The third-order valence-corrected chi connectivity index (χ3v) is 5.27. The minimum absolute atomic E-state index is 0.133. The highest BCUT2D eigenvalue weighted by molar-refractivity contribution is 6.23. The highest BCUT2D eigenvalue weighted by Gasteiger charge is 2.68. The second kappa shape index (κ2) is 6.56. The lowest BCUT2D eigenvalue weighted by molar-refractivity contribution is -0.150. The van der Waals surface area contributed by atoms with Gasteiger partial charge in [-0.15, -0.1) is 0 Å². The zero-order valence-corrected chi connectivity index (χ0v) is 15.4. The number of rotatable bonds is 5. The molecule has 8 nitrogen and oxygen atoms in total. The highest BCUT2D eigenvalue weighted by Crippen LogP contribution is 2.52. The lowest BCUT2D eigenvalue weighted by atomic mass is 9.77. The van der Waals surface area contributed by atoms with E-state index in [0.717, 1.165) is 4.90 Å². The van der Waals surface area contributed by atoms with Crippen molar-refractivity contribution < 1.29 is 33.4 Å². The molecule has 0 aliphatic carbocycles. The molecular weight excluding hydrogens is 366 g/mol. The predicted octanol–water partition coefficient (Wildman–Crippen LogP) is 1.24. The molecule has 0 saturated carbocycles. The summed E-state index contributed by atoms with van der Waals surface area (Å²) in [6, 6.07) is 6.20. The van der Waals surface area contributed by atoms with Gasteiger partial charge < -0.3 is 14.2 Å². The van der Waals surface area contributed by atoms with E-state index >= 15 is 0 Å². The molecule has 3 heterocycles. The number of imide groups is 1. The highest BCUT2D eigenvalue weighted by atomic mass is 16.6. The molecule has 0 aromatic heterocycles. The molecule has 1 aromatic rings. The number of carbonyl (C=O) groups excluding carboxylic acids is 4. The van der Waals surface area contributed by atoms with Crippen LogP contribution in [-0.4, -0.2) is 48.7 Å². The van der Waals surface area contributed by atoms with Crippen LogP contribution in [0.2, 0.25) is 0 Å². The van der Waals surface area contributed by atoms with Crippen molar-refractivity contribution in [1.29, 1.82) is 0 Å². The number of hydrogen-bond acceptors (Lipinski definition) is 7. The topological polar surface area (TPSA) is 99.2 Å². The van der Waals surface area contributed by atoms with Crippen LogP contribution in [0.25, 0.3) is 0 Å². The standard InChI is InChI=1S/C20H19NO7/c1-3-26-19(25)12-5-4-6-13(9-12)21-17(23)15-14-7-8-20(28-14,10-27-11(2)22)16(15)18(21)24/h4-9,14-16H,3,10H2,1-2H3/t14-,15-,16+,20+/m1/s1. The van der Waals surface area contributed by atoms with Crippen molar-refractivity contribution in [2.75, 3.05) is 18.1 Å². The first-order valence-electron chi connectivity index (χ1n) is 9.03. The Balaban J connectivity index is 1.65. The first-order valence-corrected chi connectivity index (χ1v) is 9.03. The van der Waals surface area contributed by atoms with Gasteiger partial charge in [0.25, 0.3) is 0 Å². The quantitative estimate of drug-likeness (QED) is 0.427. The lowest BCUT2D eigenvalue weighted by Gasteiger charge is -2.28. The first-order chi connectivity index (χ1) is 13.4. The van der Waals surface area contributed by atoms with E-state index in [4.69, 9.17) is 14.2 Å². The molecule has 3 aliphatic rings. The fourth-order valence-electron chi connectivity index (χ4n) is 4.12. The van der Waals surface area contributed by atoms with Gasteiger partial charge in [-0.3, -0.25) is 14.4 Å². The van der Waals surface area contributed by atoms with E-state index in [-0.39, 0.29) is 18.8 Å². The van der Waals surface area contributed by atoms with Gasteiger partial charge in [-0.05, 0) is 31.2 Å². The SMILES string of the molecule is CCOC(=O)c1cccc(N2C(=O)[C@H]3[C@@H](C2=O)[C@@]2(COC(C)=O)C=C[C@H]3O2)c1. The van der Waals surface area contributed by atoms with Crippen LogP contribution in [-0.2, 0) is 28.6 Å². The Kier molecular flexibility index (Phi) is 4.30. The number of amides is 2. The summed E-state index contributed by atoms with van der Waals surface area (Å²) in [5.74, 6) is -3.31. The minimum Gasteiger partial charge on any atom is -0.462 e. The Morgan fingerprint density at radius 3 is 2.71 bits per heavy atom. The zero-order valence-electron chi connectivity index (χ0n) is 15.4. The van der Waals surface area contributed by atoms with Crippen molar-refractivity contribution in [3.05, 3.63) is 42.0 Å². The van der Waals surface area contributed by atoms with Gasteiger partial charge in [0.05, 0.1) is 35.8 Å². The summed E-state index contributed by atoms with van der Waals surface area (Å²) in [5, 5.41) is 0. The van der Waals surface area contributed by atoms with Crippen LogP contribution >= 0.6 is 0 Å². The van der Waals surface area contributed by atoms with Crippen molar-refractivity contribution in [2.45, 2.75) is 25.6 Å². The fraction of sp³-hybridized carbons (Fsp3) is 0.400. The third-order valence-electron chi connectivity index (χ3n) is 5.27. The van der Waals surface area contributed by atoms with Crippen LogP contribution in [0.1, 0.15) is 24.2 Å². The molecule has 146 valence electrons. The maximum Gasteiger partial charge on any atom is 0.338 e. The molecule has 2 amide bonds. The van der Waals surface area contributed by atoms with E-state index in [2.05, 4.69) is 0 Å². The second-order valence-corrected chi connectivity index (χ2v) is 6.96. The van der Waals surface area contributed by atoms with Crippen molar-refractivity contribution in [1.82, 2.24) is 0 Å². The Morgan fingerprint density at radius 1 is 1.21 bits per heavy atom. The maximum absolute atomic E-state index is 13.2. The van der Waals surface area contributed by atoms with Crippen molar-refractivity contribution in [3.63, 3.8) is 0 Å². The maximum atomic E-state index is 13.2. The zero-order chi connectivity index (χ0) is 20.1. The molecule has 3 aliphatic heterocycles. The van der Waals surface area contributed by atoms with Crippen LogP contribution in [0.3, 0.4) is 0 Å². The summed E-state index contributed by atoms with van der Waals surface area (Å²) in [6.45, 7) is 3.06. The number of ether oxygens (including phenoxy) is 3. The van der Waals surface area contributed by atoms with Crippen molar-refractivity contribution in [3.8, 4) is 0 Å². The number of esters is 2. The molecular formula is C20H19NO7. The smallest absolute Gasteiger partial charge is 0.338 e. The number of hydrogen-bond donors (Lipinski definition) is 0. The fourth-order valence-corrected chi connectivity index (χ4v) is 4.12. The van der Waals surface area contributed by atoms with Crippen molar-refractivity contribution in [2.24, 2.45) is 11.8 Å². The van der Waals surface area contributed by atoms with Gasteiger partial charge in [0, 0.05) is 6.92 Å². The van der Waals surface area contributed by atoms with Gasteiger partial charge in [-0.25, -0.2) is 9.69 Å². The van der Waals surface area contributed by atoms with E-state index in [1.807, 2.05) is 0 Å². The summed E-state index contributed by atoms with van der Waals surface area (Å²) in [6.07, 6.45) is 2.88. The van der Waals surface area contributed by atoms with Gasteiger partial charge in [0.1, 0.15) is 12.2 Å². The van der Waals surface area contributed by atoms with Gasteiger partial charge in [0.15, 0.2) is 0 Å². The number of carbonyl (C=O) groups is 4. The molecule has 4 atom stereocenters. The van der Waals surface area contributed by atoms with E-state index in [9.17, 15) is 19.2 Å². The normalized spacial score (nSPS) is 29.9. The number of benzene rings is 1. The van der Waals surface area contributed by atoms with Crippen LogP contribution in [0.5, 0.6) is 0 Å². The van der Waals surface area contributed by atoms with Gasteiger partial charge in [-0.1, -0.05) is 12.1 Å². The molecule has 28 heavy (non-hydrogen) atoms. The molecule has 2 saturated heterocycles. The third kappa shape index (κ3) is 2.63. The van der Waals surface area contributed by atoms with Crippen LogP contribution in [0.4, 0.5) is 5.69 Å². The molecule has 4 rings (SSSR count). The summed E-state index contributed by atoms with van der Waals surface area (Å²) in [7, 11) is 0. The monoisotopic (exact) mass is 385 g/mol. The molecule has 0 spiro atoms. The van der Waals surface area contributed by atoms with Gasteiger partial charge in [0.2, 0.25) is 11.8 Å². The van der Waals surface area contributed by atoms with Crippen LogP contribution in [0.15, 0.2) is 36.4 Å². The summed E-state index contributed by atoms with van der Waals surface area (Å²) in [5.41, 5.74) is -0.581. The van der Waals surface area contributed by atoms with E-state index in [1.54, 1.807) is 37.3 Å². The summed E-state index contributed by atoms with van der Waals surface area (Å²) < 4.78 is 15.9. The average molecular weight is 385 g/mol. The van der Waals surface area contributed by atoms with Gasteiger partial charge >= 0.3 is 11.9 Å². The number of anilines is 1. The Labute approximate surface area is 161 Å². The van der Waals surface area contributed by atoms with E-state index in [0.29, 0.717) is 5.69 Å². The largest absolute Gasteiger partial charge is 0.462 e. The van der Waals surface area contributed by atoms with Crippen molar-refractivity contribution >= 4 is 29.4 Å². The summed E-state index contributed by atoms with van der Waals surface area (Å²) >= 11 is 0. The Morgan fingerprint density at radius 2 is 2.00 bits per heavy atom. The first kappa shape index (κ1) is 18.4. The molecule has 0 N–H and O–H groups in total. The van der Waals surface area contributed by atoms with Crippen LogP contribution in [0, 0.1) is 11.8 Å².